The van der Waals surface area contributed by atoms with Crippen LogP contribution >= 0.6 is 0 Å². The summed E-state index contributed by atoms with van der Waals surface area (Å²) in [5.74, 6) is 5.14. The average molecular weight is 280 g/mol. The number of carbonyl (C=O) groups excluding carboxylic acids is 1. The molecule has 0 spiro atoms. The average Bonchev–Trinajstić information content (AvgIpc) is 2.82. The van der Waals surface area contributed by atoms with Crippen LogP contribution in [0.5, 0.6) is 0 Å². The molecule has 0 unspecified atom stereocenters. The molecule has 5 heteroatoms. The van der Waals surface area contributed by atoms with Crippen molar-refractivity contribution in [3.8, 4) is 11.8 Å². The van der Waals surface area contributed by atoms with Crippen LogP contribution in [0.3, 0.4) is 0 Å². The van der Waals surface area contributed by atoms with Crippen molar-refractivity contribution in [1.82, 2.24) is 0 Å². The third-order valence-corrected chi connectivity index (χ3v) is 2.89. The number of rotatable bonds is 0. The molecule has 2 rings (SSSR count). The first kappa shape index (κ1) is 14.2. The zero-order valence-electron chi connectivity index (χ0n) is 10.7. The summed E-state index contributed by atoms with van der Waals surface area (Å²) in [6.45, 7) is 2.05. The van der Waals surface area contributed by atoms with E-state index in [1.165, 1.54) is 12.1 Å². The Labute approximate surface area is 114 Å². The first-order valence-electron chi connectivity index (χ1n) is 5.94. The fourth-order valence-electron chi connectivity index (χ4n) is 1.76. The lowest BCUT2D eigenvalue weighted by molar-refractivity contribution is -0.137. The van der Waals surface area contributed by atoms with Gasteiger partial charge in [-0.2, -0.15) is 13.2 Å². The van der Waals surface area contributed by atoms with E-state index in [4.69, 9.17) is 4.74 Å². The van der Waals surface area contributed by atoms with E-state index in [1.54, 1.807) is 6.92 Å². The summed E-state index contributed by atoms with van der Waals surface area (Å²) in [7, 11) is 0. The Morgan fingerprint density at radius 1 is 1.25 bits per heavy atom. The molecule has 0 aliphatic carbocycles. The van der Waals surface area contributed by atoms with Crippen molar-refractivity contribution >= 4 is 5.97 Å². The van der Waals surface area contributed by atoms with Crippen molar-refractivity contribution in [2.24, 2.45) is 0 Å². The summed E-state index contributed by atoms with van der Waals surface area (Å²) in [4.78, 5) is 11.3. The van der Waals surface area contributed by atoms with Crippen LogP contribution in [0.2, 0.25) is 0 Å². The quantitative estimate of drug-likeness (QED) is 0.414. The number of carbonyl (C=O) groups is 1. The van der Waals surface area contributed by atoms with Gasteiger partial charge in [-0.1, -0.05) is 11.8 Å². The second kappa shape index (κ2) is 5.41. The summed E-state index contributed by atoms with van der Waals surface area (Å²) < 4.78 is 42.0. The molecule has 1 aromatic carbocycles. The van der Waals surface area contributed by atoms with E-state index in [-0.39, 0.29) is 5.97 Å². The molecule has 1 heterocycles. The molecule has 1 aliphatic rings. The monoisotopic (exact) mass is 280 g/mol. The van der Waals surface area contributed by atoms with Gasteiger partial charge in [-0.15, -0.1) is 0 Å². The normalized spacial score (nSPS) is 17.3. The number of cyclic esters (lactones) is 1. The molecule has 0 aromatic heterocycles. The summed E-state index contributed by atoms with van der Waals surface area (Å²) in [5, 5.41) is 0. The minimum atomic E-state index is -4.35. The van der Waals surface area contributed by atoms with Gasteiger partial charge in [0.2, 0.25) is 0 Å². The van der Waals surface area contributed by atoms with Crippen molar-refractivity contribution in [3.05, 3.63) is 46.5 Å². The molecule has 0 saturated carbocycles. The van der Waals surface area contributed by atoms with Crippen LogP contribution in [0.15, 0.2) is 35.4 Å². The maximum Gasteiger partial charge on any atom is 0.416 e. The number of ether oxygens (including phenoxy) is 1. The van der Waals surface area contributed by atoms with Gasteiger partial charge in [-0.25, -0.2) is 4.79 Å². The molecule has 0 radical (unpaired) electrons. The standard InChI is InChI=1S/C15H11F3O2/c1-10(13-8-9-20-14(13)19)2-3-11-4-6-12(7-5-11)15(16,17)18/h4-7H,8-9H2,1H3/b13-10-. The summed E-state index contributed by atoms with van der Waals surface area (Å²) in [6, 6.07) is 4.58. The summed E-state index contributed by atoms with van der Waals surface area (Å²) in [5.41, 5.74) is 0.874. The van der Waals surface area contributed by atoms with Crippen LogP contribution in [0.25, 0.3) is 0 Å². The predicted octanol–water partition coefficient (Wildman–Crippen LogP) is 3.32. The Bertz CT molecular complexity index is 613. The highest BCUT2D eigenvalue weighted by molar-refractivity contribution is 5.92. The molecular weight excluding hydrogens is 269 g/mol. The van der Waals surface area contributed by atoms with Crippen LogP contribution in [0.4, 0.5) is 13.2 Å². The molecule has 0 amide bonds. The fraction of sp³-hybridized carbons (Fsp3) is 0.267. The van der Waals surface area contributed by atoms with E-state index in [0.29, 0.717) is 29.7 Å². The Kier molecular flexibility index (Phi) is 3.84. The molecule has 2 nitrogen and oxygen atoms in total. The number of hydrogen-bond donors (Lipinski definition) is 0. The minimum Gasteiger partial charge on any atom is -0.462 e. The van der Waals surface area contributed by atoms with Gasteiger partial charge in [0, 0.05) is 17.6 Å². The zero-order chi connectivity index (χ0) is 14.8. The number of benzene rings is 1. The van der Waals surface area contributed by atoms with Crippen molar-refractivity contribution in [2.45, 2.75) is 19.5 Å². The molecule has 0 N–H and O–H groups in total. The van der Waals surface area contributed by atoms with Gasteiger partial charge in [0.15, 0.2) is 0 Å². The van der Waals surface area contributed by atoms with E-state index >= 15 is 0 Å². The minimum absolute atomic E-state index is 0.355. The first-order chi connectivity index (χ1) is 9.38. The molecule has 1 saturated heterocycles. The van der Waals surface area contributed by atoms with Crippen LogP contribution < -0.4 is 0 Å². The highest BCUT2D eigenvalue weighted by Gasteiger charge is 2.29. The van der Waals surface area contributed by atoms with Gasteiger partial charge in [-0.3, -0.25) is 0 Å². The number of alkyl halides is 3. The smallest absolute Gasteiger partial charge is 0.416 e. The lowest BCUT2D eigenvalue weighted by Crippen LogP contribution is -2.04. The largest absolute Gasteiger partial charge is 0.462 e. The van der Waals surface area contributed by atoms with Gasteiger partial charge in [0.25, 0.3) is 0 Å². The second-order valence-corrected chi connectivity index (χ2v) is 4.31. The molecule has 0 bridgehead atoms. The van der Waals surface area contributed by atoms with Crippen LogP contribution in [0, 0.1) is 11.8 Å². The van der Waals surface area contributed by atoms with Gasteiger partial charge in [0.05, 0.1) is 17.7 Å². The third kappa shape index (κ3) is 3.21. The molecule has 1 aromatic rings. The van der Waals surface area contributed by atoms with Gasteiger partial charge in [-0.05, 0) is 31.2 Å². The number of hydrogen-bond acceptors (Lipinski definition) is 2. The van der Waals surface area contributed by atoms with Gasteiger partial charge < -0.3 is 4.74 Å². The highest BCUT2D eigenvalue weighted by Crippen LogP contribution is 2.29. The molecule has 1 aliphatic heterocycles. The first-order valence-corrected chi connectivity index (χ1v) is 5.94. The fourth-order valence-corrected chi connectivity index (χ4v) is 1.76. The molecule has 1 fully saturated rings. The van der Waals surface area contributed by atoms with Crippen molar-refractivity contribution in [3.63, 3.8) is 0 Å². The Morgan fingerprint density at radius 2 is 1.90 bits per heavy atom. The highest BCUT2D eigenvalue weighted by atomic mass is 19.4. The number of allylic oxidation sites excluding steroid dienone is 1. The Balaban J connectivity index is 2.20. The van der Waals surface area contributed by atoms with Crippen LogP contribution in [-0.2, 0) is 15.7 Å². The van der Waals surface area contributed by atoms with E-state index in [1.807, 2.05) is 0 Å². The zero-order valence-corrected chi connectivity index (χ0v) is 10.7. The lowest BCUT2D eigenvalue weighted by Gasteiger charge is -2.05. The Morgan fingerprint density at radius 3 is 2.40 bits per heavy atom. The summed E-state index contributed by atoms with van der Waals surface area (Å²) in [6.07, 6.45) is -3.83. The van der Waals surface area contributed by atoms with Crippen molar-refractivity contribution < 1.29 is 22.7 Å². The third-order valence-electron chi connectivity index (χ3n) is 2.89. The number of halogens is 3. The Hall–Kier alpha value is -2.22. The molecule has 20 heavy (non-hydrogen) atoms. The molecule has 104 valence electrons. The van der Waals surface area contributed by atoms with Crippen LogP contribution in [0.1, 0.15) is 24.5 Å². The molecular formula is C15H11F3O2. The molecule has 0 atom stereocenters. The second-order valence-electron chi connectivity index (χ2n) is 4.31. The van der Waals surface area contributed by atoms with Crippen LogP contribution in [-0.4, -0.2) is 12.6 Å². The van der Waals surface area contributed by atoms with E-state index < -0.39 is 11.7 Å². The summed E-state index contributed by atoms with van der Waals surface area (Å²) >= 11 is 0. The van der Waals surface area contributed by atoms with Gasteiger partial charge >= 0.3 is 12.1 Å². The van der Waals surface area contributed by atoms with E-state index in [9.17, 15) is 18.0 Å². The van der Waals surface area contributed by atoms with E-state index in [2.05, 4.69) is 11.8 Å². The SMILES string of the molecule is C/C(C#Cc1ccc(C(F)(F)F)cc1)=C1\CCOC1=O. The van der Waals surface area contributed by atoms with Crippen molar-refractivity contribution in [1.29, 1.82) is 0 Å². The van der Waals surface area contributed by atoms with Gasteiger partial charge in [0.1, 0.15) is 0 Å². The predicted molar refractivity (Wildman–Crippen MR) is 66.6 cm³/mol. The topological polar surface area (TPSA) is 26.3 Å². The maximum absolute atomic E-state index is 12.4. The van der Waals surface area contributed by atoms with E-state index in [0.717, 1.165) is 12.1 Å². The van der Waals surface area contributed by atoms with Crippen molar-refractivity contribution in [2.75, 3.05) is 6.61 Å². The lowest BCUT2D eigenvalue weighted by atomic mass is 10.1. The maximum atomic E-state index is 12.4. The number of esters is 1.